The van der Waals surface area contributed by atoms with Gasteiger partial charge in [-0.3, -0.25) is 9.59 Å². The third-order valence-electron chi connectivity index (χ3n) is 2.93. The van der Waals surface area contributed by atoms with Crippen molar-refractivity contribution >= 4 is 22.8 Å². The third-order valence-corrected chi connectivity index (χ3v) is 2.93. The van der Waals surface area contributed by atoms with Crippen LogP contribution in [-0.2, 0) is 11.3 Å². The van der Waals surface area contributed by atoms with Gasteiger partial charge in [0.15, 0.2) is 0 Å². The standard InChI is InChI=1S/C14H19N5O2/c1-4-19-12-6-5-10(7-11(12)17-18-19)14(21)15-8-13(20)16-9(2)3/h5-7,9H,4,8H2,1-3H3,(H,15,21)(H,16,20). The molecule has 0 unspecified atom stereocenters. The fourth-order valence-corrected chi connectivity index (χ4v) is 1.98. The summed E-state index contributed by atoms with van der Waals surface area (Å²) in [5.41, 5.74) is 2.01. The molecule has 2 N–H and O–H groups in total. The van der Waals surface area contributed by atoms with Gasteiger partial charge >= 0.3 is 0 Å². The highest BCUT2D eigenvalue weighted by molar-refractivity contribution is 5.98. The van der Waals surface area contributed by atoms with Crippen molar-refractivity contribution in [2.45, 2.75) is 33.4 Å². The van der Waals surface area contributed by atoms with E-state index in [0.29, 0.717) is 11.1 Å². The number of aromatic nitrogens is 3. The molecule has 1 aromatic carbocycles. The van der Waals surface area contributed by atoms with Crippen LogP contribution < -0.4 is 10.6 Å². The molecule has 112 valence electrons. The molecule has 0 spiro atoms. The number of nitrogens with one attached hydrogen (secondary N) is 2. The predicted octanol–water partition coefficient (Wildman–Crippen LogP) is 0.706. The summed E-state index contributed by atoms with van der Waals surface area (Å²) >= 11 is 0. The molecule has 0 atom stereocenters. The first kappa shape index (κ1) is 15.0. The average molecular weight is 289 g/mol. The van der Waals surface area contributed by atoms with Crippen molar-refractivity contribution in [2.75, 3.05) is 6.54 Å². The van der Waals surface area contributed by atoms with Gasteiger partial charge in [-0.15, -0.1) is 5.10 Å². The van der Waals surface area contributed by atoms with Gasteiger partial charge < -0.3 is 10.6 Å². The SMILES string of the molecule is CCn1nnc2cc(C(=O)NCC(=O)NC(C)C)ccc21. The van der Waals surface area contributed by atoms with Crippen molar-refractivity contribution in [3.05, 3.63) is 23.8 Å². The minimum atomic E-state index is -0.304. The molecular formula is C14H19N5O2. The van der Waals surface area contributed by atoms with Gasteiger partial charge in [-0.1, -0.05) is 5.21 Å². The Morgan fingerprint density at radius 3 is 2.76 bits per heavy atom. The first-order valence-corrected chi connectivity index (χ1v) is 6.92. The number of fused-ring (bicyclic) bond motifs is 1. The van der Waals surface area contributed by atoms with Crippen LogP contribution >= 0.6 is 0 Å². The molecule has 21 heavy (non-hydrogen) atoms. The number of hydrogen-bond acceptors (Lipinski definition) is 4. The predicted molar refractivity (Wildman–Crippen MR) is 78.8 cm³/mol. The first-order chi connectivity index (χ1) is 10.0. The number of aryl methyl sites for hydroxylation is 1. The molecule has 0 fully saturated rings. The third kappa shape index (κ3) is 3.56. The van der Waals surface area contributed by atoms with E-state index >= 15 is 0 Å². The fraction of sp³-hybridized carbons (Fsp3) is 0.429. The zero-order valence-electron chi connectivity index (χ0n) is 12.4. The molecule has 2 rings (SSSR count). The zero-order valence-corrected chi connectivity index (χ0v) is 12.4. The quantitative estimate of drug-likeness (QED) is 0.848. The van der Waals surface area contributed by atoms with Crippen LogP contribution in [0, 0.1) is 0 Å². The van der Waals surface area contributed by atoms with Crippen LogP contribution in [-0.4, -0.2) is 39.4 Å². The second-order valence-electron chi connectivity index (χ2n) is 5.01. The summed E-state index contributed by atoms with van der Waals surface area (Å²) in [6.07, 6.45) is 0. The highest BCUT2D eigenvalue weighted by Crippen LogP contribution is 2.13. The minimum absolute atomic E-state index is 0.0449. The molecule has 7 nitrogen and oxygen atoms in total. The molecule has 0 radical (unpaired) electrons. The van der Waals surface area contributed by atoms with Crippen molar-refractivity contribution < 1.29 is 9.59 Å². The van der Waals surface area contributed by atoms with Gasteiger partial charge in [-0.25, -0.2) is 4.68 Å². The van der Waals surface area contributed by atoms with E-state index in [1.165, 1.54) is 0 Å². The highest BCUT2D eigenvalue weighted by Gasteiger charge is 2.11. The monoisotopic (exact) mass is 289 g/mol. The van der Waals surface area contributed by atoms with Crippen molar-refractivity contribution in [3.8, 4) is 0 Å². The van der Waals surface area contributed by atoms with Gasteiger partial charge in [0.05, 0.1) is 12.1 Å². The molecule has 0 aliphatic heterocycles. The second kappa shape index (κ2) is 6.34. The maximum Gasteiger partial charge on any atom is 0.251 e. The summed E-state index contributed by atoms with van der Waals surface area (Å²) in [4.78, 5) is 23.5. The topological polar surface area (TPSA) is 88.9 Å². The number of benzene rings is 1. The van der Waals surface area contributed by atoms with Gasteiger partial charge in [-0.2, -0.15) is 0 Å². The van der Waals surface area contributed by atoms with Crippen molar-refractivity contribution in [2.24, 2.45) is 0 Å². The normalized spacial score (nSPS) is 10.9. The van der Waals surface area contributed by atoms with Crippen molar-refractivity contribution in [1.82, 2.24) is 25.6 Å². The molecular weight excluding hydrogens is 270 g/mol. The summed E-state index contributed by atoms with van der Waals surface area (Å²) in [5, 5.41) is 13.3. The summed E-state index contributed by atoms with van der Waals surface area (Å²) in [6.45, 7) is 6.38. The van der Waals surface area contributed by atoms with Crippen LogP contribution in [0.3, 0.4) is 0 Å². The molecule has 0 aliphatic rings. The Hall–Kier alpha value is -2.44. The van der Waals surface area contributed by atoms with Crippen LogP contribution in [0.4, 0.5) is 0 Å². The van der Waals surface area contributed by atoms with Gasteiger partial charge in [0.2, 0.25) is 5.91 Å². The van der Waals surface area contributed by atoms with Gasteiger partial charge in [0.25, 0.3) is 5.91 Å². The average Bonchev–Trinajstić information content (AvgIpc) is 2.86. The molecule has 1 heterocycles. The molecule has 2 amide bonds. The van der Waals surface area contributed by atoms with Crippen LogP contribution in [0.2, 0.25) is 0 Å². The maximum absolute atomic E-state index is 12.0. The highest BCUT2D eigenvalue weighted by atomic mass is 16.2. The Labute approximate surface area is 122 Å². The minimum Gasteiger partial charge on any atom is -0.352 e. The first-order valence-electron chi connectivity index (χ1n) is 6.92. The largest absolute Gasteiger partial charge is 0.352 e. The Kier molecular flexibility index (Phi) is 4.52. The van der Waals surface area contributed by atoms with E-state index in [1.807, 2.05) is 26.8 Å². The molecule has 0 aliphatic carbocycles. The zero-order chi connectivity index (χ0) is 15.4. The molecule has 0 saturated carbocycles. The van der Waals surface area contributed by atoms with E-state index in [4.69, 9.17) is 0 Å². The number of rotatable bonds is 5. The van der Waals surface area contributed by atoms with Crippen LogP contribution in [0.1, 0.15) is 31.1 Å². The molecule has 7 heteroatoms. The Morgan fingerprint density at radius 2 is 2.10 bits per heavy atom. The molecule has 0 saturated heterocycles. The number of hydrogen-bond donors (Lipinski definition) is 2. The van der Waals surface area contributed by atoms with Crippen LogP contribution in [0.15, 0.2) is 18.2 Å². The summed E-state index contributed by atoms with van der Waals surface area (Å²) < 4.78 is 1.76. The lowest BCUT2D eigenvalue weighted by Crippen LogP contribution is -2.39. The molecule has 0 bridgehead atoms. The molecule has 2 aromatic rings. The lowest BCUT2D eigenvalue weighted by Gasteiger charge is -2.09. The summed E-state index contributed by atoms with van der Waals surface area (Å²) in [7, 11) is 0. The lowest BCUT2D eigenvalue weighted by molar-refractivity contribution is -0.120. The number of carbonyl (C=O) groups is 2. The van der Waals surface area contributed by atoms with E-state index in [-0.39, 0.29) is 24.4 Å². The van der Waals surface area contributed by atoms with Gasteiger partial charge in [-0.05, 0) is 39.0 Å². The summed E-state index contributed by atoms with van der Waals surface area (Å²) in [5.74, 6) is -0.516. The Bertz CT molecular complexity index is 662. The van der Waals surface area contributed by atoms with E-state index < -0.39 is 0 Å². The number of carbonyl (C=O) groups excluding carboxylic acids is 2. The van der Waals surface area contributed by atoms with Crippen LogP contribution in [0.25, 0.3) is 11.0 Å². The Balaban J connectivity index is 2.04. The molecule has 1 aromatic heterocycles. The van der Waals surface area contributed by atoms with E-state index in [0.717, 1.165) is 12.1 Å². The smallest absolute Gasteiger partial charge is 0.251 e. The Morgan fingerprint density at radius 1 is 1.33 bits per heavy atom. The van der Waals surface area contributed by atoms with E-state index in [9.17, 15) is 9.59 Å². The maximum atomic E-state index is 12.0. The fourth-order valence-electron chi connectivity index (χ4n) is 1.98. The second-order valence-corrected chi connectivity index (χ2v) is 5.01. The van der Waals surface area contributed by atoms with Crippen molar-refractivity contribution in [3.63, 3.8) is 0 Å². The van der Waals surface area contributed by atoms with Gasteiger partial charge in [0, 0.05) is 18.2 Å². The number of amides is 2. The van der Waals surface area contributed by atoms with Crippen molar-refractivity contribution in [1.29, 1.82) is 0 Å². The summed E-state index contributed by atoms with van der Waals surface area (Å²) in [6, 6.07) is 5.23. The van der Waals surface area contributed by atoms with Gasteiger partial charge in [0.1, 0.15) is 5.52 Å². The lowest BCUT2D eigenvalue weighted by atomic mass is 10.2. The van der Waals surface area contributed by atoms with E-state index in [1.54, 1.807) is 16.8 Å². The van der Waals surface area contributed by atoms with E-state index in [2.05, 4.69) is 20.9 Å². The van der Waals surface area contributed by atoms with Crippen LogP contribution in [0.5, 0.6) is 0 Å². The number of nitrogens with zero attached hydrogens (tertiary/aromatic N) is 3.